The van der Waals surface area contributed by atoms with Gasteiger partial charge in [0, 0.05) is 36.0 Å². The molecule has 0 saturated carbocycles. The van der Waals surface area contributed by atoms with Gasteiger partial charge in [0.05, 0.1) is 11.8 Å². The number of aliphatic hydroxyl groups is 2. The number of nitrogens with zero attached hydrogens (tertiary/aromatic N) is 2. The normalized spacial score (nSPS) is 11.3. The van der Waals surface area contributed by atoms with E-state index < -0.39 is 12.4 Å². The molecule has 0 spiro atoms. The van der Waals surface area contributed by atoms with Crippen molar-refractivity contribution in [2.75, 3.05) is 11.9 Å². The van der Waals surface area contributed by atoms with Crippen molar-refractivity contribution in [2.45, 2.75) is 65.4 Å². The molecule has 0 unspecified atom stereocenters. The molecule has 0 aliphatic carbocycles. The number of rotatable bonds is 10. The number of carbonyl (C=O) groups is 2. The van der Waals surface area contributed by atoms with E-state index >= 15 is 0 Å². The SMILES string of the molecule is C=C(C)c1nc(C(C)(C)CCNC(=O)NCc2ccc(NC(=O)OC(C)C)nc2)ccc1C(O)O. The van der Waals surface area contributed by atoms with E-state index in [9.17, 15) is 19.8 Å². The van der Waals surface area contributed by atoms with Crippen molar-refractivity contribution >= 4 is 23.5 Å². The summed E-state index contributed by atoms with van der Waals surface area (Å²) in [6.07, 6.45) is -0.257. The monoisotopic (exact) mass is 485 g/mol. The number of ether oxygens (including phenoxy) is 1. The predicted octanol–water partition coefficient (Wildman–Crippen LogP) is 3.62. The molecule has 0 aliphatic rings. The van der Waals surface area contributed by atoms with Crippen LogP contribution in [0.5, 0.6) is 0 Å². The highest BCUT2D eigenvalue weighted by molar-refractivity contribution is 5.83. The Balaban J connectivity index is 1.84. The maximum Gasteiger partial charge on any atom is 0.413 e. The van der Waals surface area contributed by atoms with Crippen LogP contribution >= 0.6 is 0 Å². The zero-order chi connectivity index (χ0) is 26.2. The van der Waals surface area contributed by atoms with E-state index in [0.717, 1.165) is 11.3 Å². The molecular weight excluding hydrogens is 450 g/mol. The fraction of sp³-hybridized carbons (Fsp3) is 0.440. The second-order valence-electron chi connectivity index (χ2n) is 9.16. The molecule has 0 aromatic carbocycles. The Hall–Kier alpha value is -3.50. The third-order valence-electron chi connectivity index (χ3n) is 5.19. The van der Waals surface area contributed by atoms with Crippen LogP contribution in [0.3, 0.4) is 0 Å². The first-order valence-corrected chi connectivity index (χ1v) is 11.4. The van der Waals surface area contributed by atoms with Gasteiger partial charge in [-0.25, -0.2) is 14.6 Å². The summed E-state index contributed by atoms with van der Waals surface area (Å²) in [6, 6.07) is 6.46. The minimum absolute atomic E-state index is 0.228. The second kappa shape index (κ2) is 12.3. The lowest BCUT2D eigenvalue weighted by Gasteiger charge is -2.26. The van der Waals surface area contributed by atoms with E-state index in [-0.39, 0.29) is 24.1 Å². The van der Waals surface area contributed by atoms with E-state index in [1.807, 2.05) is 13.8 Å². The van der Waals surface area contributed by atoms with Crippen LogP contribution in [0.1, 0.15) is 69.8 Å². The summed E-state index contributed by atoms with van der Waals surface area (Å²) in [5.74, 6) is 0.357. The fourth-order valence-corrected chi connectivity index (χ4v) is 3.21. The van der Waals surface area contributed by atoms with Gasteiger partial charge in [-0.3, -0.25) is 10.3 Å². The van der Waals surface area contributed by atoms with Crippen LogP contribution in [-0.2, 0) is 16.7 Å². The number of anilines is 1. The van der Waals surface area contributed by atoms with Crippen molar-refractivity contribution in [1.82, 2.24) is 20.6 Å². The minimum Gasteiger partial charge on any atom is -0.447 e. The summed E-state index contributed by atoms with van der Waals surface area (Å²) < 4.78 is 5.00. The summed E-state index contributed by atoms with van der Waals surface area (Å²) in [5, 5.41) is 27.2. The van der Waals surface area contributed by atoms with Crippen molar-refractivity contribution in [3.8, 4) is 0 Å². The van der Waals surface area contributed by atoms with Crippen molar-refractivity contribution in [3.05, 3.63) is 59.6 Å². The lowest BCUT2D eigenvalue weighted by molar-refractivity contribution is -0.0429. The molecule has 10 heteroatoms. The maximum atomic E-state index is 12.2. The van der Waals surface area contributed by atoms with E-state index in [1.165, 1.54) is 0 Å². The molecule has 0 fully saturated rings. The highest BCUT2D eigenvalue weighted by Crippen LogP contribution is 2.29. The molecule has 2 aromatic rings. The standard InChI is InChI=1S/C25H35N5O5/c1-15(2)21-18(22(31)32)8-9-19(29-21)25(5,6)11-12-26-23(33)28-14-17-7-10-20(27-13-17)30-24(34)35-16(3)4/h7-10,13,16,22,31-32H,1,11-12,14H2,2-6H3,(H2,26,28,33)(H,27,30,34). The number of carbonyl (C=O) groups excluding carboxylic acids is 2. The molecule has 35 heavy (non-hydrogen) atoms. The molecule has 3 amide bonds. The Morgan fingerprint density at radius 2 is 1.86 bits per heavy atom. The largest absolute Gasteiger partial charge is 0.447 e. The Morgan fingerprint density at radius 3 is 2.43 bits per heavy atom. The molecule has 0 radical (unpaired) electrons. The zero-order valence-corrected chi connectivity index (χ0v) is 20.9. The molecule has 2 rings (SSSR count). The highest BCUT2D eigenvalue weighted by atomic mass is 16.6. The van der Waals surface area contributed by atoms with Crippen molar-refractivity contribution in [2.24, 2.45) is 0 Å². The number of allylic oxidation sites excluding steroid dienone is 1. The summed E-state index contributed by atoms with van der Waals surface area (Å²) in [7, 11) is 0. The van der Waals surface area contributed by atoms with Gasteiger partial charge >= 0.3 is 12.1 Å². The number of aromatic nitrogens is 2. The maximum absolute atomic E-state index is 12.2. The first kappa shape index (κ1) is 27.7. The number of urea groups is 1. The smallest absolute Gasteiger partial charge is 0.413 e. The molecule has 0 atom stereocenters. The molecule has 2 heterocycles. The van der Waals surface area contributed by atoms with Gasteiger partial charge in [-0.05, 0) is 56.5 Å². The Morgan fingerprint density at radius 1 is 1.14 bits per heavy atom. The van der Waals surface area contributed by atoms with Gasteiger partial charge in [0.2, 0.25) is 0 Å². The molecular formula is C25H35N5O5. The second-order valence-corrected chi connectivity index (χ2v) is 9.16. The van der Waals surface area contributed by atoms with Gasteiger partial charge in [-0.1, -0.05) is 26.5 Å². The summed E-state index contributed by atoms with van der Waals surface area (Å²) in [4.78, 5) is 32.6. The average Bonchev–Trinajstić information content (AvgIpc) is 2.77. The number of aliphatic hydroxyl groups excluding tert-OH is 1. The van der Waals surface area contributed by atoms with Gasteiger partial charge in [-0.2, -0.15) is 0 Å². The Kier molecular flexibility index (Phi) is 9.73. The Bertz CT molecular complexity index is 1040. The van der Waals surface area contributed by atoms with E-state index in [0.29, 0.717) is 35.6 Å². The fourth-order valence-electron chi connectivity index (χ4n) is 3.21. The lowest BCUT2D eigenvalue weighted by atomic mass is 9.84. The molecule has 190 valence electrons. The van der Waals surface area contributed by atoms with Crippen LogP contribution < -0.4 is 16.0 Å². The number of pyridine rings is 2. The predicted molar refractivity (Wildman–Crippen MR) is 133 cm³/mol. The topological polar surface area (TPSA) is 146 Å². The van der Waals surface area contributed by atoms with E-state index in [2.05, 4.69) is 32.5 Å². The molecule has 0 bridgehead atoms. The molecule has 0 aliphatic heterocycles. The molecule has 10 nitrogen and oxygen atoms in total. The zero-order valence-electron chi connectivity index (χ0n) is 20.9. The van der Waals surface area contributed by atoms with Crippen LogP contribution in [0.15, 0.2) is 37.0 Å². The van der Waals surface area contributed by atoms with Crippen LogP contribution in [0.4, 0.5) is 15.4 Å². The van der Waals surface area contributed by atoms with Crippen LogP contribution in [0.25, 0.3) is 5.57 Å². The van der Waals surface area contributed by atoms with Crippen LogP contribution in [0.2, 0.25) is 0 Å². The molecule has 5 N–H and O–H groups in total. The molecule has 0 saturated heterocycles. The number of amides is 3. The third kappa shape index (κ3) is 8.66. The highest BCUT2D eigenvalue weighted by Gasteiger charge is 2.24. The minimum atomic E-state index is -1.62. The Labute approximate surface area is 205 Å². The van der Waals surface area contributed by atoms with Gasteiger partial charge in [0.1, 0.15) is 5.82 Å². The van der Waals surface area contributed by atoms with Crippen LogP contribution in [0, 0.1) is 0 Å². The van der Waals surface area contributed by atoms with Gasteiger partial charge < -0.3 is 25.6 Å². The first-order valence-electron chi connectivity index (χ1n) is 11.4. The number of hydrogen-bond donors (Lipinski definition) is 5. The first-order chi connectivity index (χ1) is 16.4. The van der Waals surface area contributed by atoms with Gasteiger partial charge in [0.25, 0.3) is 0 Å². The summed E-state index contributed by atoms with van der Waals surface area (Å²) >= 11 is 0. The van der Waals surface area contributed by atoms with E-state index in [1.54, 1.807) is 51.2 Å². The summed E-state index contributed by atoms with van der Waals surface area (Å²) in [6.45, 7) is 13.8. The average molecular weight is 486 g/mol. The van der Waals surface area contributed by atoms with Crippen LogP contribution in [-0.4, -0.2) is 45.0 Å². The quantitative estimate of drug-likeness (QED) is 0.323. The van der Waals surface area contributed by atoms with Gasteiger partial charge in [-0.15, -0.1) is 0 Å². The van der Waals surface area contributed by atoms with Gasteiger partial charge in [0.15, 0.2) is 6.29 Å². The van der Waals surface area contributed by atoms with Crippen molar-refractivity contribution in [1.29, 1.82) is 0 Å². The number of nitrogens with one attached hydrogen (secondary N) is 3. The molecule has 2 aromatic heterocycles. The summed E-state index contributed by atoms with van der Waals surface area (Å²) in [5.41, 5.74) is 2.56. The number of hydrogen-bond acceptors (Lipinski definition) is 7. The van der Waals surface area contributed by atoms with E-state index in [4.69, 9.17) is 4.74 Å². The third-order valence-corrected chi connectivity index (χ3v) is 5.19. The van der Waals surface area contributed by atoms with Crippen molar-refractivity contribution < 1.29 is 24.5 Å². The lowest BCUT2D eigenvalue weighted by Crippen LogP contribution is -2.37. The van der Waals surface area contributed by atoms with Crippen molar-refractivity contribution in [3.63, 3.8) is 0 Å².